The van der Waals surface area contributed by atoms with Crippen LogP contribution in [0.2, 0.25) is 0 Å². The number of nitrogens with zero attached hydrogens (tertiary/aromatic N) is 2. The number of benzene rings is 1. The third-order valence-corrected chi connectivity index (χ3v) is 5.12. The number of aromatic nitrogens is 2. The van der Waals surface area contributed by atoms with Crippen LogP contribution in [0.3, 0.4) is 0 Å². The highest BCUT2D eigenvalue weighted by molar-refractivity contribution is 7.13. The van der Waals surface area contributed by atoms with Crippen LogP contribution in [0.4, 0.5) is 0 Å². The van der Waals surface area contributed by atoms with Gasteiger partial charge in [-0.2, -0.15) is 0 Å². The lowest BCUT2D eigenvalue weighted by molar-refractivity contribution is 0.102. The molecule has 0 aliphatic heterocycles. The zero-order valence-corrected chi connectivity index (χ0v) is 14.5. The molecule has 0 N–H and O–H groups in total. The molecule has 2 heterocycles. The Bertz CT molecular complexity index is 961. The number of rotatable bonds is 3. The SMILES string of the molecule is COc1ccc2c(c1)CCC(=Cc1csc(-c3ccccn3)n1)C2=O. The van der Waals surface area contributed by atoms with Gasteiger partial charge < -0.3 is 4.74 Å². The smallest absolute Gasteiger partial charge is 0.189 e. The summed E-state index contributed by atoms with van der Waals surface area (Å²) < 4.78 is 5.24. The number of hydrogen-bond donors (Lipinski definition) is 0. The molecule has 1 aliphatic rings. The molecule has 25 heavy (non-hydrogen) atoms. The van der Waals surface area contributed by atoms with Crippen LogP contribution in [0.5, 0.6) is 5.75 Å². The first-order valence-corrected chi connectivity index (χ1v) is 8.91. The Balaban J connectivity index is 1.62. The minimum Gasteiger partial charge on any atom is -0.497 e. The summed E-state index contributed by atoms with van der Waals surface area (Å²) in [5.41, 5.74) is 4.28. The highest BCUT2D eigenvalue weighted by atomic mass is 32.1. The third-order valence-electron chi connectivity index (χ3n) is 4.24. The van der Waals surface area contributed by atoms with E-state index in [0.717, 1.165) is 51.7 Å². The van der Waals surface area contributed by atoms with E-state index in [1.807, 2.05) is 47.9 Å². The number of ketones is 1. The third kappa shape index (κ3) is 3.10. The van der Waals surface area contributed by atoms with Gasteiger partial charge in [0.2, 0.25) is 0 Å². The molecule has 0 amide bonds. The molecule has 0 atom stereocenters. The minimum absolute atomic E-state index is 0.0799. The summed E-state index contributed by atoms with van der Waals surface area (Å²) in [7, 11) is 1.64. The summed E-state index contributed by atoms with van der Waals surface area (Å²) in [5, 5.41) is 2.83. The monoisotopic (exact) mass is 348 g/mol. The van der Waals surface area contributed by atoms with E-state index >= 15 is 0 Å². The minimum atomic E-state index is 0.0799. The van der Waals surface area contributed by atoms with Crippen LogP contribution in [-0.2, 0) is 6.42 Å². The van der Waals surface area contributed by atoms with Gasteiger partial charge in [0.15, 0.2) is 5.78 Å². The van der Waals surface area contributed by atoms with Crippen molar-refractivity contribution < 1.29 is 9.53 Å². The number of hydrogen-bond acceptors (Lipinski definition) is 5. The van der Waals surface area contributed by atoms with Crippen molar-refractivity contribution in [3.63, 3.8) is 0 Å². The molecule has 0 bridgehead atoms. The fourth-order valence-corrected chi connectivity index (χ4v) is 3.71. The molecule has 0 radical (unpaired) electrons. The zero-order valence-electron chi connectivity index (χ0n) is 13.7. The topological polar surface area (TPSA) is 52.1 Å². The first-order valence-electron chi connectivity index (χ1n) is 8.04. The van der Waals surface area contributed by atoms with Gasteiger partial charge in [-0.25, -0.2) is 4.98 Å². The number of thiazole rings is 1. The summed E-state index contributed by atoms with van der Waals surface area (Å²) in [5.74, 6) is 0.870. The van der Waals surface area contributed by atoms with Gasteiger partial charge in [-0.1, -0.05) is 6.07 Å². The van der Waals surface area contributed by atoms with Gasteiger partial charge in [0.1, 0.15) is 10.8 Å². The van der Waals surface area contributed by atoms with Gasteiger partial charge >= 0.3 is 0 Å². The molecular formula is C20H16N2O2S. The maximum atomic E-state index is 12.8. The standard InChI is InChI=1S/C20H16N2O2S/c1-24-16-7-8-17-13(11-16)5-6-14(19(17)23)10-15-12-25-20(22-15)18-4-2-3-9-21-18/h2-4,7-12H,5-6H2,1H3. The predicted octanol–water partition coefficient (Wildman–Crippen LogP) is 4.43. The Morgan fingerprint density at radius 1 is 1.20 bits per heavy atom. The second kappa shape index (κ2) is 6.61. The van der Waals surface area contributed by atoms with Crippen molar-refractivity contribution in [3.8, 4) is 16.5 Å². The lowest BCUT2D eigenvalue weighted by Crippen LogP contribution is -2.14. The lowest BCUT2D eigenvalue weighted by Gasteiger charge is -2.18. The second-order valence-corrected chi connectivity index (χ2v) is 6.67. The van der Waals surface area contributed by atoms with Gasteiger partial charge in [-0.15, -0.1) is 11.3 Å². The van der Waals surface area contributed by atoms with E-state index in [0.29, 0.717) is 0 Å². The molecule has 0 spiro atoms. The van der Waals surface area contributed by atoms with Crippen LogP contribution in [0.15, 0.2) is 53.5 Å². The van der Waals surface area contributed by atoms with E-state index < -0.39 is 0 Å². The maximum absolute atomic E-state index is 12.8. The van der Waals surface area contributed by atoms with Crippen LogP contribution in [-0.4, -0.2) is 22.9 Å². The summed E-state index contributed by atoms with van der Waals surface area (Å²) in [6, 6.07) is 11.4. The number of carbonyl (C=O) groups is 1. The molecule has 0 unspecified atom stereocenters. The fourth-order valence-electron chi connectivity index (χ4n) is 2.96. The molecule has 4 rings (SSSR count). The Morgan fingerprint density at radius 2 is 2.12 bits per heavy atom. The Morgan fingerprint density at radius 3 is 2.92 bits per heavy atom. The van der Waals surface area contributed by atoms with Crippen molar-refractivity contribution in [3.05, 3.63) is 70.4 Å². The summed E-state index contributed by atoms with van der Waals surface area (Å²) >= 11 is 1.54. The zero-order chi connectivity index (χ0) is 17.2. The number of carbonyl (C=O) groups excluding carboxylic acids is 1. The van der Waals surface area contributed by atoms with E-state index in [4.69, 9.17) is 4.74 Å². The molecule has 4 nitrogen and oxygen atoms in total. The van der Waals surface area contributed by atoms with E-state index in [-0.39, 0.29) is 5.78 Å². The second-order valence-electron chi connectivity index (χ2n) is 5.81. The van der Waals surface area contributed by atoms with Crippen molar-refractivity contribution >= 4 is 23.2 Å². The molecule has 124 valence electrons. The molecular weight excluding hydrogens is 332 g/mol. The van der Waals surface area contributed by atoms with Crippen LogP contribution in [0, 0.1) is 0 Å². The van der Waals surface area contributed by atoms with E-state index in [9.17, 15) is 4.79 Å². The highest BCUT2D eigenvalue weighted by Crippen LogP contribution is 2.30. The molecule has 5 heteroatoms. The van der Waals surface area contributed by atoms with Crippen LogP contribution >= 0.6 is 11.3 Å². The fraction of sp³-hybridized carbons (Fsp3) is 0.150. The number of pyridine rings is 1. The molecule has 0 fully saturated rings. The summed E-state index contributed by atoms with van der Waals surface area (Å²) in [6.45, 7) is 0. The largest absolute Gasteiger partial charge is 0.497 e. The molecule has 3 aromatic rings. The quantitative estimate of drug-likeness (QED) is 0.657. The van der Waals surface area contributed by atoms with Gasteiger partial charge in [-0.3, -0.25) is 9.78 Å². The molecule has 0 saturated carbocycles. The molecule has 1 aromatic carbocycles. The van der Waals surface area contributed by atoms with Crippen molar-refractivity contribution in [2.75, 3.05) is 7.11 Å². The van der Waals surface area contributed by atoms with E-state index in [1.54, 1.807) is 13.3 Å². The normalized spacial score (nSPS) is 15.2. The first kappa shape index (κ1) is 15.7. The van der Waals surface area contributed by atoms with Crippen molar-refractivity contribution in [1.82, 2.24) is 9.97 Å². The number of fused-ring (bicyclic) bond motifs is 1. The van der Waals surface area contributed by atoms with Gasteiger partial charge in [0, 0.05) is 22.7 Å². The Kier molecular flexibility index (Phi) is 4.15. The number of Topliss-reactive ketones (excluding diaryl/α,β-unsaturated/α-hetero) is 1. The number of allylic oxidation sites excluding steroid dienone is 1. The summed E-state index contributed by atoms with van der Waals surface area (Å²) in [6.07, 6.45) is 5.21. The van der Waals surface area contributed by atoms with Gasteiger partial charge in [0.25, 0.3) is 0 Å². The number of ether oxygens (including phenoxy) is 1. The predicted molar refractivity (Wildman–Crippen MR) is 99.0 cm³/mol. The van der Waals surface area contributed by atoms with E-state index in [1.165, 1.54) is 11.3 Å². The van der Waals surface area contributed by atoms with Crippen molar-refractivity contribution in [1.29, 1.82) is 0 Å². The average Bonchev–Trinajstić information content (AvgIpc) is 3.13. The van der Waals surface area contributed by atoms with Crippen LogP contribution in [0.1, 0.15) is 28.0 Å². The number of methoxy groups -OCH3 is 1. The first-order chi connectivity index (χ1) is 12.2. The molecule has 2 aromatic heterocycles. The Labute approximate surface area is 149 Å². The number of aryl methyl sites for hydroxylation is 1. The van der Waals surface area contributed by atoms with Crippen molar-refractivity contribution in [2.24, 2.45) is 0 Å². The Hall–Kier alpha value is -2.79. The van der Waals surface area contributed by atoms with Gasteiger partial charge in [-0.05, 0) is 54.8 Å². The average molecular weight is 348 g/mol. The lowest BCUT2D eigenvalue weighted by atomic mass is 9.86. The summed E-state index contributed by atoms with van der Waals surface area (Å²) in [4.78, 5) is 21.7. The molecule has 0 saturated heterocycles. The maximum Gasteiger partial charge on any atom is 0.189 e. The highest BCUT2D eigenvalue weighted by Gasteiger charge is 2.22. The van der Waals surface area contributed by atoms with Crippen molar-refractivity contribution in [2.45, 2.75) is 12.8 Å². The van der Waals surface area contributed by atoms with E-state index in [2.05, 4.69) is 9.97 Å². The van der Waals surface area contributed by atoms with Gasteiger partial charge in [0.05, 0.1) is 18.5 Å². The molecule has 1 aliphatic carbocycles. The van der Waals surface area contributed by atoms with Crippen LogP contribution in [0.25, 0.3) is 16.8 Å². The van der Waals surface area contributed by atoms with Crippen LogP contribution < -0.4 is 4.74 Å².